The number of carbonyl (C=O) groups excluding carboxylic acids is 2. The molecule has 1 N–H and O–H groups in total. The molecule has 92 heavy (non-hydrogen) atoms. The highest BCUT2D eigenvalue weighted by Gasteiger charge is 2.27. The number of quaternary nitrogens is 1. The summed E-state index contributed by atoms with van der Waals surface area (Å²) >= 11 is 0. The number of ether oxygens (including phenoxy) is 2. The van der Waals surface area contributed by atoms with Crippen molar-refractivity contribution in [2.45, 2.75) is 341 Å². The van der Waals surface area contributed by atoms with Crippen LogP contribution in [0.1, 0.15) is 335 Å². The Labute approximate surface area is 568 Å². The van der Waals surface area contributed by atoms with E-state index in [2.05, 4.69) is 135 Å². The van der Waals surface area contributed by atoms with Gasteiger partial charge >= 0.3 is 19.8 Å². The van der Waals surface area contributed by atoms with Crippen LogP contribution in [0.25, 0.3) is 0 Å². The number of esters is 2. The molecule has 10 heteroatoms. The highest BCUT2D eigenvalue weighted by Crippen LogP contribution is 2.43. The molecule has 0 aliphatic heterocycles. The first-order valence-electron chi connectivity index (χ1n) is 38.3. The molecule has 0 aromatic carbocycles. The number of phosphoric ester groups is 1. The van der Waals surface area contributed by atoms with Gasteiger partial charge in [-0.2, -0.15) is 0 Å². The third-order valence-electron chi connectivity index (χ3n) is 16.5. The Kier molecular flexibility index (Phi) is 68.9. The van der Waals surface area contributed by atoms with Crippen LogP contribution in [0.2, 0.25) is 0 Å². The molecule has 2 unspecified atom stereocenters. The number of unbranched alkanes of at least 4 members (excludes halogenated alkanes) is 36. The Morgan fingerprint density at radius 1 is 0.348 bits per heavy atom. The van der Waals surface area contributed by atoms with Gasteiger partial charge in [0, 0.05) is 12.8 Å². The van der Waals surface area contributed by atoms with Crippen molar-refractivity contribution in [3.05, 3.63) is 122 Å². The van der Waals surface area contributed by atoms with Gasteiger partial charge in [-0.05, 0) is 109 Å². The van der Waals surface area contributed by atoms with Gasteiger partial charge in [-0.25, -0.2) is 4.57 Å². The number of carbonyl (C=O) groups is 2. The molecular formula is C82H145NO8P+. The zero-order valence-electron chi connectivity index (χ0n) is 60.5. The molecule has 0 rings (SSSR count). The van der Waals surface area contributed by atoms with Gasteiger partial charge in [0.25, 0.3) is 0 Å². The zero-order valence-corrected chi connectivity index (χ0v) is 61.4. The van der Waals surface area contributed by atoms with Crippen LogP contribution in [0, 0.1) is 0 Å². The summed E-state index contributed by atoms with van der Waals surface area (Å²) in [7, 11) is 1.46. The monoisotopic (exact) mass is 1300 g/mol. The molecular weight excluding hydrogens is 1160 g/mol. The van der Waals surface area contributed by atoms with Crippen molar-refractivity contribution >= 4 is 19.8 Å². The average molecular weight is 1300 g/mol. The van der Waals surface area contributed by atoms with Gasteiger partial charge in [0.05, 0.1) is 27.7 Å². The van der Waals surface area contributed by atoms with E-state index in [1.165, 1.54) is 193 Å². The van der Waals surface area contributed by atoms with Crippen LogP contribution < -0.4 is 0 Å². The lowest BCUT2D eigenvalue weighted by Crippen LogP contribution is -2.37. The molecule has 0 aromatic heterocycles. The summed E-state index contributed by atoms with van der Waals surface area (Å²) in [6, 6.07) is 0. The third-order valence-corrected chi connectivity index (χ3v) is 17.5. The molecule has 0 aliphatic carbocycles. The van der Waals surface area contributed by atoms with Gasteiger partial charge in [0.15, 0.2) is 6.10 Å². The normalized spacial score (nSPS) is 13.8. The highest BCUT2D eigenvalue weighted by molar-refractivity contribution is 7.47. The highest BCUT2D eigenvalue weighted by atomic mass is 31.2. The van der Waals surface area contributed by atoms with Crippen LogP contribution in [-0.2, 0) is 32.7 Å². The number of likely N-dealkylation sites (N-methyl/N-ethyl adjacent to an activating group) is 1. The van der Waals surface area contributed by atoms with Crippen LogP contribution in [0.3, 0.4) is 0 Å². The molecule has 0 spiro atoms. The lowest BCUT2D eigenvalue weighted by molar-refractivity contribution is -0.870. The molecule has 9 nitrogen and oxygen atoms in total. The molecule has 0 amide bonds. The molecule has 0 radical (unpaired) electrons. The van der Waals surface area contributed by atoms with Gasteiger partial charge < -0.3 is 18.9 Å². The second-order valence-electron chi connectivity index (χ2n) is 26.7. The lowest BCUT2D eigenvalue weighted by atomic mass is 10.0. The van der Waals surface area contributed by atoms with E-state index in [1.807, 2.05) is 21.1 Å². The minimum Gasteiger partial charge on any atom is -0.462 e. The number of nitrogens with zero attached hydrogens (tertiary/aromatic N) is 1. The predicted molar refractivity (Wildman–Crippen MR) is 399 cm³/mol. The van der Waals surface area contributed by atoms with E-state index in [1.54, 1.807) is 0 Å². The zero-order chi connectivity index (χ0) is 66.9. The van der Waals surface area contributed by atoms with Crippen molar-refractivity contribution in [1.29, 1.82) is 0 Å². The molecule has 0 fully saturated rings. The van der Waals surface area contributed by atoms with Crippen LogP contribution in [0.4, 0.5) is 0 Å². The predicted octanol–water partition coefficient (Wildman–Crippen LogP) is 25.4. The molecule has 2 atom stereocenters. The third kappa shape index (κ3) is 75.4. The first-order valence-corrected chi connectivity index (χ1v) is 39.8. The molecule has 0 bridgehead atoms. The van der Waals surface area contributed by atoms with Crippen molar-refractivity contribution in [3.63, 3.8) is 0 Å². The fourth-order valence-corrected chi connectivity index (χ4v) is 11.4. The Hall–Kier alpha value is -3.59. The van der Waals surface area contributed by atoms with E-state index < -0.39 is 26.5 Å². The van der Waals surface area contributed by atoms with Crippen LogP contribution >= 0.6 is 7.82 Å². The fourth-order valence-electron chi connectivity index (χ4n) is 10.7. The smallest absolute Gasteiger partial charge is 0.462 e. The van der Waals surface area contributed by atoms with E-state index in [0.29, 0.717) is 17.4 Å². The van der Waals surface area contributed by atoms with Gasteiger partial charge in [0.2, 0.25) is 0 Å². The maximum Gasteiger partial charge on any atom is 0.472 e. The number of hydrogen-bond acceptors (Lipinski definition) is 7. The Morgan fingerprint density at radius 3 is 0.935 bits per heavy atom. The minimum absolute atomic E-state index is 0.0229. The van der Waals surface area contributed by atoms with E-state index in [4.69, 9.17) is 18.5 Å². The van der Waals surface area contributed by atoms with E-state index in [-0.39, 0.29) is 32.0 Å². The molecule has 0 saturated heterocycles. The van der Waals surface area contributed by atoms with Crippen LogP contribution in [0.5, 0.6) is 0 Å². The lowest BCUT2D eigenvalue weighted by Gasteiger charge is -2.24. The largest absolute Gasteiger partial charge is 0.472 e. The summed E-state index contributed by atoms with van der Waals surface area (Å²) in [5.41, 5.74) is 0. The minimum atomic E-state index is -4.41. The summed E-state index contributed by atoms with van der Waals surface area (Å²) in [6.45, 7) is 4.32. The molecule has 530 valence electrons. The second kappa shape index (κ2) is 71.7. The quantitative estimate of drug-likeness (QED) is 0.0211. The number of rotatable bonds is 70. The SMILES string of the molecule is CC/C=C\C/C=C\C/C=C\C/C=C\C/C=C\C/C=C\C/C=C\C/C=C\C/C=C\CCCCCCCC(=O)OC(COC(=O)CCCCCCCCCCCCCCCCCCCCCCCCC/C=C\CCCCCCCCCC)COP(=O)(O)OCC[N+](C)(C)C. The molecule has 0 heterocycles. The van der Waals surface area contributed by atoms with Crippen LogP contribution in [-0.4, -0.2) is 74.9 Å². The van der Waals surface area contributed by atoms with E-state index >= 15 is 0 Å². The van der Waals surface area contributed by atoms with Gasteiger partial charge in [-0.15, -0.1) is 0 Å². The Morgan fingerprint density at radius 2 is 0.620 bits per heavy atom. The van der Waals surface area contributed by atoms with Crippen molar-refractivity contribution in [3.8, 4) is 0 Å². The number of phosphoric acid groups is 1. The number of allylic oxidation sites excluding steroid dienone is 20. The summed E-state index contributed by atoms with van der Waals surface area (Å²) in [5.74, 6) is -0.815. The summed E-state index contributed by atoms with van der Waals surface area (Å²) < 4.78 is 34.8. The van der Waals surface area contributed by atoms with Gasteiger partial charge in [-0.3, -0.25) is 18.6 Å². The Balaban J connectivity index is 4.05. The maximum atomic E-state index is 12.9. The topological polar surface area (TPSA) is 108 Å². The van der Waals surface area contributed by atoms with Crippen molar-refractivity contribution in [1.82, 2.24) is 0 Å². The first-order chi connectivity index (χ1) is 45.0. The van der Waals surface area contributed by atoms with Crippen molar-refractivity contribution in [2.24, 2.45) is 0 Å². The summed E-state index contributed by atoms with van der Waals surface area (Å²) in [5, 5.41) is 0. The molecule has 0 aromatic rings. The number of hydrogen-bond donors (Lipinski definition) is 1. The van der Waals surface area contributed by atoms with E-state index in [9.17, 15) is 19.0 Å². The molecule has 0 saturated carbocycles. The first kappa shape index (κ1) is 88.4. The Bertz CT molecular complexity index is 1970. The fraction of sp³-hybridized carbons (Fsp3) is 0.732. The van der Waals surface area contributed by atoms with Gasteiger partial charge in [-0.1, -0.05) is 334 Å². The standard InChI is InChI=1S/C82H144NO8P/c1-6-8-10-12-14-16-18-20-22-24-26-28-30-32-34-36-38-40-41-43-44-46-48-50-52-54-56-58-60-62-64-66-68-70-72-74-81(84)88-78-80(79-90-92(86,87)89-77-76-83(3,4)5)91-82(85)75-73-71-69-67-65-63-61-59-57-55-53-51-49-47-45-42-39-37-35-33-31-29-27-25-23-21-19-17-15-13-11-9-7-2/h9,11,15,17,21,23-24,26-27,29,33,35,39,42,47,49,53,55,59,61,80H,6-8,10,12-14,16,18-20,22,25,28,30-32,34,36-38,40-41,43-46,48,50-52,54,56-58,60,62-79H2,1-5H3/p+1/b11-9-,17-15-,23-21-,26-24-,29-27-,35-33-,42-39-,49-47-,55-53-,61-59-. The molecule has 0 aliphatic rings. The van der Waals surface area contributed by atoms with Crippen molar-refractivity contribution in [2.75, 3.05) is 47.5 Å². The maximum absolute atomic E-state index is 12.9. The average Bonchev–Trinajstić information content (AvgIpc) is 2.23. The summed E-state index contributed by atoms with van der Waals surface area (Å²) in [6.07, 6.45) is 103. The van der Waals surface area contributed by atoms with E-state index in [0.717, 1.165) is 109 Å². The van der Waals surface area contributed by atoms with Crippen LogP contribution in [0.15, 0.2) is 122 Å². The van der Waals surface area contributed by atoms with Crippen molar-refractivity contribution < 1.29 is 42.1 Å². The van der Waals surface area contributed by atoms with Gasteiger partial charge in [0.1, 0.15) is 19.8 Å². The second-order valence-corrected chi connectivity index (χ2v) is 28.1. The summed E-state index contributed by atoms with van der Waals surface area (Å²) in [4.78, 5) is 35.9.